The Morgan fingerprint density at radius 2 is 1.54 bits per heavy atom. The molecule has 2 aliphatic rings. The third-order valence-corrected chi connectivity index (χ3v) is 7.77. The van der Waals surface area contributed by atoms with Crippen LogP contribution in [0.5, 0.6) is 0 Å². The van der Waals surface area contributed by atoms with E-state index in [9.17, 15) is 0 Å². The maximum Gasteiger partial charge on any atom is 0.0725 e. The Morgan fingerprint density at radius 3 is 2.32 bits per heavy atom. The van der Waals surface area contributed by atoms with E-state index in [1.807, 2.05) is 18.2 Å². The molecule has 6 rings (SSSR count). The van der Waals surface area contributed by atoms with Gasteiger partial charge in [0.15, 0.2) is 0 Å². The lowest BCUT2D eigenvalue weighted by molar-refractivity contribution is 0.788. The Morgan fingerprint density at radius 1 is 0.757 bits per heavy atom. The van der Waals surface area contributed by atoms with Gasteiger partial charge in [-0.3, -0.25) is 0 Å². The molecule has 1 nitrogen and oxygen atoms in total. The number of nitrogens with one attached hydrogen (secondary N) is 1. The summed E-state index contributed by atoms with van der Waals surface area (Å²) >= 11 is 0. The van der Waals surface area contributed by atoms with Crippen molar-refractivity contribution < 1.29 is 0 Å². The van der Waals surface area contributed by atoms with Crippen LogP contribution in [0, 0.1) is 0 Å². The van der Waals surface area contributed by atoms with Crippen molar-refractivity contribution in [2.75, 3.05) is 5.32 Å². The molecule has 37 heavy (non-hydrogen) atoms. The summed E-state index contributed by atoms with van der Waals surface area (Å²) in [6.45, 7) is 14.7. The molecule has 1 heteroatoms. The second-order valence-corrected chi connectivity index (χ2v) is 9.46. The summed E-state index contributed by atoms with van der Waals surface area (Å²) in [5.74, 6) is 0. The Labute approximate surface area is 219 Å². The molecule has 0 saturated heterocycles. The van der Waals surface area contributed by atoms with Gasteiger partial charge < -0.3 is 5.32 Å². The number of fused-ring (bicyclic) bond motifs is 5. The van der Waals surface area contributed by atoms with E-state index in [-0.39, 0.29) is 0 Å². The predicted molar refractivity (Wildman–Crippen MR) is 160 cm³/mol. The molecule has 0 radical (unpaired) electrons. The second kappa shape index (κ2) is 8.80. The van der Waals surface area contributed by atoms with Gasteiger partial charge in [-0.05, 0) is 75.1 Å². The van der Waals surface area contributed by atoms with Crippen molar-refractivity contribution in [2.24, 2.45) is 0 Å². The molecule has 1 atom stereocenters. The van der Waals surface area contributed by atoms with Gasteiger partial charge in [0.1, 0.15) is 0 Å². The summed E-state index contributed by atoms with van der Waals surface area (Å²) < 4.78 is 0. The normalized spacial score (nSPS) is 19.9. The molecule has 0 aromatic heterocycles. The van der Waals surface area contributed by atoms with Crippen molar-refractivity contribution in [3.05, 3.63) is 168 Å². The van der Waals surface area contributed by atoms with Gasteiger partial charge in [-0.2, -0.15) is 0 Å². The maximum atomic E-state index is 4.29. The highest BCUT2D eigenvalue weighted by molar-refractivity contribution is 6.02. The predicted octanol–water partition coefficient (Wildman–Crippen LogP) is 9.54. The Bertz CT molecular complexity index is 1700. The number of allylic oxidation sites excluding steroid dienone is 9. The number of hydrogen-bond donors (Lipinski definition) is 1. The van der Waals surface area contributed by atoms with Gasteiger partial charge >= 0.3 is 0 Å². The minimum Gasteiger partial charge on any atom is -0.355 e. The molecular weight excluding hydrogens is 446 g/mol. The average molecular weight is 476 g/mol. The van der Waals surface area contributed by atoms with Gasteiger partial charge in [0, 0.05) is 16.8 Å². The van der Waals surface area contributed by atoms with Gasteiger partial charge in [0.2, 0.25) is 0 Å². The first kappa shape index (κ1) is 22.8. The van der Waals surface area contributed by atoms with Crippen LogP contribution in [0.3, 0.4) is 0 Å². The molecule has 1 unspecified atom stereocenters. The summed E-state index contributed by atoms with van der Waals surface area (Å²) in [7, 11) is 0. The monoisotopic (exact) mass is 475 g/mol. The van der Waals surface area contributed by atoms with Crippen molar-refractivity contribution in [3.8, 4) is 0 Å². The van der Waals surface area contributed by atoms with Crippen molar-refractivity contribution in [1.82, 2.24) is 0 Å². The van der Waals surface area contributed by atoms with Crippen LogP contribution in [-0.4, -0.2) is 0 Å². The molecule has 0 bridgehead atoms. The van der Waals surface area contributed by atoms with Gasteiger partial charge in [0.25, 0.3) is 0 Å². The topological polar surface area (TPSA) is 12.0 Å². The highest BCUT2D eigenvalue weighted by Gasteiger charge is 2.53. The van der Waals surface area contributed by atoms with E-state index in [0.29, 0.717) is 0 Å². The van der Waals surface area contributed by atoms with Gasteiger partial charge in [-0.25, -0.2) is 0 Å². The maximum absolute atomic E-state index is 4.29. The summed E-state index contributed by atoms with van der Waals surface area (Å²) in [4.78, 5) is 0. The third-order valence-electron chi connectivity index (χ3n) is 7.77. The van der Waals surface area contributed by atoms with E-state index in [1.54, 1.807) is 0 Å². The molecule has 0 aliphatic heterocycles. The Kier molecular flexibility index (Phi) is 5.43. The minimum absolute atomic E-state index is 0.482. The lowest BCUT2D eigenvalue weighted by atomic mass is 9.69. The molecule has 1 N–H and O–H groups in total. The number of rotatable bonds is 5. The van der Waals surface area contributed by atoms with Gasteiger partial charge in [0.05, 0.1) is 5.41 Å². The zero-order valence-corrected chi connectivity index (χ0v) is 21.1. The van der Waals surface area contributed by atoms with E-state index in [2.05, 4.69) is 129 Å². The first-order valence-corrected chi connectivity index (χ1v) is 12.7. The molecule has 2 aliphatic carbocycles. The molecule has 0 saturated carbocycles. The van der Waals surface area contributed by atoms with Crippen LogP contribution in [0.25, 0.3) is 21.9 Å². The Hall–Kier alpha value is -4.62. The summed E-state index contributed by atoms with van der Waals surface area (Å²) in [6, 6.07) is 30.3. The van der Waals surface area contributed by atoms with Crippen LogP contribution in [-0.2, 0) is 5.41 Å². The van der Waals surface area contributed by atoms with E-state index in [4.69, 9.17) is 0 Å². The summed E-state index contributed by atoms with van der Waals surface area (Å²) in [5, 5.41) is 6.14. The SMILES string of the molecule is C=C/C=C1\C(=C/C)c2ccccc2C12C(C=C)=C(C=C)c1ccc(Nc3cccc4ccccc34)cc12. The standard InChI is InChI=1S/C36H29N/c1-5-14-32-27(7-3)29-18-11-12-19-33(29)36(32)31(8-4)26(6-2)30-22-21-25(23-34(30)36)37-35-20-13-16-24-15-9-10-17-28(24)35/h5-23,37H,1-2,4H2,3H3/b27-7-,32-14+. The number of hydrogen-bond acceptors (Lipinski definition) is 1. The van der Waals surface area contributed by atoms with Crippen molar-refractivity contribution >= 4 is 33.3 Å². The number of benzene rings is 4. The lowest BCUT2D eigenvalue weighted by Gasteiger charge is -2.32. The molecule has 0 heterocycles. The molecule has 0 amide bonds. The summed E-state index contributed by atoms with van der Waals surface area (Å²) in [6.07, 6.45) is 10.3. The zero-order chi connectivity index (χ0) is 25.6. The minimum atomic E-state index is -0.482. The molecule has 4 aromatic carbocycles. The second-order valence-electron chi connectivity index (χ2n) is 9.46. The Balaban J connectivity index is 1.64. The molecule has 178 valence electrons. The first-order chi connectivity index (χ1) is 18.2. The van der Waals surface area contributed by atoms with Crippen molar-refractivity contribution in [3.63, 3.8) is 0 Å². The van der Waals surface area contributed by atoms with Crippen LogP contribution in [0.1, 0.15) is 29.2 Å². The fourth-order valence-corrected chi connectivity index (χ4v) is 6.39. The van der Waals surface area contributed by atoms with E-state index in [1.165, 1.54) is 44.2 Å². The molecule has 1 spiro atoms. The zero-order valence-electron chi connectivity index (χ0n) is 21.1. The van der Waals surface area contributed by atoms with Crippen LogP contribution < -0.4 is 5.32 Å². The van der Waals surface area contributed by atoms with Crippen molar-refractivity contribution in [2.45, 2.75) is 12.3 Å². The fourth-order valence-electron chi connectivity index (χ4n) is 6.39. The summed E-state index contributed by atoms with van der Waals surface area (Å²) in [5.41, 5.74) is 11.4. The first-order valence-electron chi connectivity index (χ1n) is 12.7. The van der Waals surface area contributed by atoms with Crippen LogP contribution >= 0.6 is 0 Å². The van der Waals surface area contributed by atoms with E-state index < -0.39 is 5.41 Å². The average Bonchev–Trinajstić information content (AvgIpc) is 3.38. The number of anilines is 2. The largest absolute Gasteiger partial charge is 0.355 e. The van der Waals surface area contributed by atoms with Crippen LogP contribution in [0.2, 0.25) is 0 Å². The van der Waals surface area contributed by atoms with E-state index in [0.717, 1.165) is 22.5 Å². The van der Waals surface area contributed by atoms with Crippen LogP contribution in [0.4, 0.5) is 11.4 Å². The highest BCUT2D eigenvalue weighted by Crippen LogP contribution is 2.63. The molecular formula is C36H29N. The smallest absolute Gasteiger partial charge is 0.0725 e. The lowest BCUT2D eigenvalue weighted by Crippen LogP contribution is -2.27. The van der Waals surface area contributed by atoms with Crippen LogP contribution in [0.15, 0.2) is 146 Å². The van der Waals surface area contributed by atoms with E-state index >= 15 is 0 Å². The fraction of sp³-hybridized carbons (Fsp3) is 0.0556. The highest BCUT2D eigenvalue weighted by atomic mass is 14.9. The molecule has 4 aromatic rings. The quantitative estimate of drug-likeness (QED) is 0.303. The van der Waals surface area contributed by atoms with Gasteiger partial charge in [-0.15, -0.1) is 0 Å². The molecule has 0 fully saturated rings. The van der Waals surface area contributed by atoms with Gasteiger partial charge in [-0.1, -0.05) is 117 Å². The third kappa shape index (κ3) is 3.11. The van der Waals surface area contributed by atoms with Crippen molar-refractivity contribution in [1.29, 1.82) is 0 Å².